The van der Waals surface area contributed by atoms with Crippen molar-refractivity contribution >= 4 is 5.97 Å². The molecule has 1 aromatic heterocycles. The molecule has 1 fully saturated rings. The normalized spacial score (nSPS) is 24.1. The average Bonchev–Trinajstić information content (AvgIpc) is 2.40. The zero-order valence-electron chi connectivity index (χ0n) is 9.96. The Labute approximate surface area is 101 Å². The first-order chi connectivity index (χ1) is 8.29. The molecule has 4 heteroatoms. The lowest BCUT2D eigenvalue weighted by molar-refractivity contribution is -0.147. The molecule has 0 bridgehead atoms. The highest BCUT2D eigenvalue weighted by atomic mass is 16.5. The first kappa shape index (κ1) is 11.9. The molecule has 0 N–H and O–H groups in total. The van der Waals surface area contributed by atoms with Gasteiger partial charge in [-0.25, -0.2) is 0 Å². The number of hydrogen-bond donors (Lipinski definition) is 0. The first-order valence-corrected chi connectivity index (χ1v) is 5.94. The van der Waals surface area contributed by atoms with Crippen LogP contribution in [-0.2, 0) is 9.53 Å². The largest absolute Gasteiger partial charge is 0.490 e. The average molecular weight is 235 g/mol. The van der Waals surface area contributed by atoms with E-state index in [1.165, 1.54) is 7.11 Å². The summed E-state index contributed by atoms with van der Waals surface area (Å²) >= 11 is 0. The number of methoxy groups -OCH3 is 1. The third kappa shape index (κ3) is 3.19. The molecule has 1 heterocycles. The molecular formula is C13H17NO3. The predicted molar refractivity (Wildman–Crippen MR) is 62.6 cm³/mol. The summed E-state index contributed by atoms with van der Waals surface area (Å²) in [6.45, 7) is 0. The van der Waals surface area contributed by atoms with Crippen molar-refractivity contribution in [2.45, 2.75) is 31.8 Å². The molecule has 0 aromatic carbocycles. The van der Waals surface area contributed by atoms with Gasteiger partial charge in [0, 0.05) is 12.4 Å². The van der Waals surface area contributed by atoms with Gasteiger partial charge in [0.2, 0.25) is 0 Å². The summed E-state index contributed by atoms with van der Waals surface area (Å²) in [4.78, 5) is 15.3. The van der Waals surface area contributed by atoms with Crippen molar-refractivity contribution in [2.75, 3.05) is 7.11 Å². The van der Waals surface area contributed by atoms with Gasteiger partial charge < -0.3 is 9.47 Å². The molecule has 0 aliphatic heterocycles. The van der Waals surface area contributed by atoms with Gasteiger partial charge in [-0.2, -0.15) is 0 Å². The molecule has 0 unspecified atom stereocenters. The summed E-state index contributed by atoms with van der Waals surface area (Å²) in [5.41, 5.74) is 0. The van der Waals surface area contributed by atoms with Gasteiger partial charge in [-0.1, -0.05) is 0 Å². The van der Waals surface area contributed by atoms with E-state index in [2.05, 4.69) is 4.98 Å². The Bertz CT molecular complexity index is 358. The van der Waals surface area contributed by atoms with Gasteiger partial charge in [0.15, 0.2) is 0 Å². The van der Waals surface area contributed by atoms with Crippen molar-refractivity contribution in [2.24, 2.45) is 5.92 Å². The second-order valence-corrected chi connectivity index (χ2v) is 4.30. The Kier molecular flexibility index (Phi) is 3.96. The quantitative estimate of drug-likeness (QED) is 0.753. The number of pyridine rings is 1. The van der Waals surface area contributed by atoms with E-state index in [4.69, 9.17) is 9.47 Å². The van der Waals surface area contributed by atoms with Crippen molar-refractivity contribution in [3.05, 3.63) is 24.5 Å². The fourth-order valence-corrected chi connectivity index (χ4v) is 2.19. The summed E-state index contributed by atoms with van der Waals surface area (Å²) in [6.07, 6.45) is 7.15. The number of esters is 1. The van der Waals surface area contributed by atoms with Gasteiger partial charge in [0.05, 0.1) is 19.1 Å². The summed E-state index contributed by atoms with van der Waals surface area (Å²) in [5.74, 6) is 0.811. The van der Waals surface area contributed by atoms with Crippen molar-refractivity contribution < 1.29 is 14.3 Å². The lowest BCUT2D eigenvalue weighted by Crippen LogP contribution is -2.28. The first-order valence-electron chi connectivity index (χ1n) is 5.94. The maximum absolute atomic E-state index is 11.4. The zero-order valence-corrected chi connectivity index (χ0v) is 9.96. The van der Waals surface area contributed by atoms with Crippen LogP contribution in [0.3, 0.4) is 0 Å². The maximum atomic E-state index is 11.4. The number of carbonyl (C=O) groups excluding carboxylic acids is 1. The molecular weight excluding hydrogens is 218 g/mol. The van der Waals surface area contributed by atoms with Crippen LogP contribution < -0.4 is 4.74 Å². The Hall–Kier alpha value is -1.58. The summed E-state index contributed by atoms with van der Waals surface area (Å²) < 4.78 is 10.6. The molecule has 1 aliphatic carbocycles. The van der Waals surface area contributed by atoms with Crippen LogP contribution in [0.4, 0.5) is 0 Å². The van der Waals surface area contributed by atoms with Crippen LogP contribution in [0.1, 0.15) is 25.7 Å². The molecule has 92 valence electrons. The van der Waals surface area contributed by atoms with Crippen molar-refractivity contribution in [3.8, 4) is 5.75 Å². The fourth-order valence-electron chi connectivity index (χ4n) is 2.19. The van der Waals surface area contributed by atoms with Gasteiger partial charge >= 0.3 is 5.97 Å². The maximum Gasteiger partial charge on any atom is 0.308 e. The lowest BCUT2D eigenvalue weighted by atomic mass is 9.87. The molecule has 0 saturated heterocycles. The Morgan fingerprint density at radius 3 is 2.47 bits per heavy atom. The van der Waals surface area contributed by atoms with Gasteiger partial charge in [0.1, 0.15) is 5.75 Å². The van der Waals surface area contributed by atoms with Crippen molar-refractivity contribution in [1.82, 2.24) is 4.98 Å². The highest BCUT2D eigenvalue weighted by molar-refractivity contribution is 5.72. The smallest absolute Gasteiger partial charge is 0.308 e. The van der Waals surface area contributed by atoms with Crippen LogP contribution in [0, 0.1) is 5.92 Å². The summed E-state index contributed by atoms with van der Waals surface area (Å²) in [5, 5.41) is 0. The van der Waals surface area contributed by atoms with Crippen LogP contribution in [0.25, 0.3) is 0 Å². The number of ether oxygens (including phenoxy) is 2. The molecule has 1 aromatic rings. The number of nitrogens with zero attached hydrogens (tertiary/aromatic N) is 1. The minimum absolute atomic E-state index is 0.0530. The Morgan fingerprint density at radius 1 is 1.24 bits per heavy atom. The minimum atomic E-state index is -0.0904. The van der Waals surface area contributed by atoms with Crippen LogP contribution in [0.2, 0.25) is 0 Å². The topological polar surface area (TPSA) is 48.4 Å². The summed E-state index contributed by atoms with van der Waals surface area (Å²) in [6, 6.07) is 3.71. The Morgan fingerprint density at radius 2 is 1.88 bits per heavy atom. The van der Waals surface area contributed by atoms with E-state index in [0.29, 0.717) is 0 Å². The number of rotatable bonds is 3. The van der Waals surface area contributed by atoms with Gasteiger partial charge in [0.25, 0.3) is 0 Å². The van der Waals surface area contributed by atoms with E-state index in [0.717, 1.165) is 31.4 Å². The number of hydrogen-bond acceptors (Lipinski definition) is 4. The molecule has 0 atom stereocenters. The molecule has 2 rings (SSSR count). The predicted octanol–water partition coefficient (Wildman–Crippen LogP) is 2.19. The zero-order chi connectivity index (χ0) is 12.1. The van der Waals surface area contributed by atoms with E-state index in [1.807, 2.05) is 12.1 Å². The molecule has 17 heavy (non-hydrogen) atoms. The molecule has 4 nitrogen and oxygen atoms in total. The van der Waals surface area contributed by atoms with E-state index >= 15 is 0 Å². The van der Waals surface area contributed by atoms with E-state index in [9.17, 15) is 4.79 Å². The van der Waals surface area contributed by atoms with Crippen LogP contribution >= 0.6 is 0 Å². The third-order valence-corrected chi connectivity index (χ3v) is 3.16. The van der Waals surface area contributed by atoms with Crippen LogP contribution in [0.5, 0.6) is 5.75 Å². The molecule has 0 spiro atoms. The highest BCUT2D eigenvalue weighted by Gasteiger charge is 2.27. The highest BCUT2D eigenvalue weighted by Crippen LogP contribution is 2.28. The molecule has 1 aliphatic rings. The number of carbonyl (C=O) groups is 1. The monoisotopic (exact) mass is 235 g/mol. The van der Waals surface area contributed by atoms with Gasteiger partial charge in [-0.3, -0.25) is 9.78 Å². The third-order valence-electron chi connectivity index (χ3n) is 3.16. The Balaban J connectivity index is 1.82. The fraction of sp³-hybridized carbons (Fsp3) is 0.538. The van der Waals surface area contributed by atoms with E-state index in [1.54, 1.807) is 12.4 Å². The van der Waals surface area contributed by atoms with Gasteiger partial charge in [-0.15, -0.1) is 0 Å². The SMILES string of the molecule is COC(=O)[C@H]1CC[C@H](Oc2ccncc2)CC1. The standard InChI is InChI=1S/C13H17NO3/c1-16-13(15)10-2-4-11(5-3-10)17-12-6-8-14-9-7-12/h6-11H,2-5H2,1H3/t10-,11-. The van der Waals surface area contributed by atoms with E-state index < -0.39 is 0 Å². The van der Waals surface area contributed by atoms with E-state index in [-0.39, 0.29) is 18.0 Å². The number of aromatic nitrogens is 1. The van der Waals surface area contributed by atoms with Gasteiger partial charge in [-0.05, 0) is 37.8 Å². The molecule has 1 saturated carbocycles. The van der Waals surface area contributed by atoms with Crippen LogP contribution in [0.15, 0.2) is 24.5 Å². The summed E-state index contributed by atoms with van der Waals surface area (Å²) in [7, 11) is 1.45. The minimum Gasteiger partial charge on any atom is -0.490 e. The van der Waals surface area contributed by atoms with Crippen LogP contribution in [-0.4, -0.2) is 24.2 Å². The molecule has 0 radical (unpaired) electrons. The second kappa shape index (κ2) is 5.66. The van der Waals surface area contributed by atoms with Crippen molar-refractivity contribution in [1.29, 1.82) is 0 Å². The second-order valence-electron chi connectivity index (χ2n) is 4.30. The van der Waals surface area contributed by atoms with Crippen molar-refractivity contribution in [3.63, 3.8) is 0 Å². The lowest BCUT2D eigenvalue weighted by Gasteiger charge is -2.27. The molecule has 0 amide bonds.